The van der Waals surface area contributed by atoms with Crippen molar-refractivity contribution in [2.24, 2.45) is 0 Å². The maximum absolute atomic E-state index is 12.1. The third-order valence-electron chi connectivity index (χ3n) is 2.90. The van der Waals surface area contributed by atoms with Crippen LogP contribution in [0.3, 0.4) is 0 Å². The third kappa shape index (κ3) is 5.79. The Morgan fingerprint density at radius 1 is 1.04 bits per heavy atom. The zero-order valence-corrected chi connectivity index (χ0v) is 14.8. The third-order valence-corrected chi connectivity index (χ3v) is 3.50. The van der Waals surface area contributed by atoms with Crippen LogP contribution in [0.5, 0.6) is 11.5 Å². The lowest BCUT2D eigenvalue weighted by molar-refractivity contribution is 0.177. The van der Waals surface area contributed by atoms with Gasteiger partial charge in [0.25, 0.3) is 0 Å². The summed E-state index contributed by atoms with van der Waals surface area (Å²) in [6.07, 6.45) is -0.543. The fourth-order valence-electron chi connectivity index (χ4n) is 1.82. The summed E-state index contributed by atoms with van der Waals surface area (Å²) in [6.45, 7) is 4.23. The molecule has 0 unspecified atom stereocenters. The van der Waals surface area contributed by atoms with Gasteiger partial charge in [-0.3, -0.25) is 4.18 Å². The molecule has 5 nitrogen and oxygen atoms in total. The van der Waals surface area contributed by atoms with Gasteiger partial charge in [0.1, 0.15) is 12.2 Å². The van der Waals surface area contributed by atoms with Gasteiger partial charge < -0.3 is 9.47 Å². The predicted octanol–water partition coefficient (Wildman–Crippen LogP) is 4.68. The molecule has 0 aliphatic rings. The lowest BCUT2D eigenvalue weighted by Gasteiger charge is -2.17. The molecule has 0 bridgehead atoms. The van der Waals surface area contributed by atoms with E-state index in [1.54, 1.807) is 25.2 Å². The number of nitrogens with zero attached hydrogens (tertiary/aromatic N) is 1. The molecule has 6 heteroatoms. The van der Waals surface area contributed by atoms with E-state index in [1.165, 1.54) is 4.31 Å². The minimum atomic E-state index is -0.534. The fraction of sp³-hybridized carbons (Fsp3) is 0.278. The summed E-state index contributed by atoms with van der Waals surface area (Å²) in [5, 5.41) is 0. The second-order valence-electron chi connectivity index (χ2n) is 5.30. The number of carbonyl (C=O) groups is 1. The van der Waals surface area contributed by atoms with Crippen molar-refractivity contribution < 1.29 is 18.5 Å². The van der Waals surface area contributed by atoms with Crippen LogP contribution in [-0.4, -0.2) is 23.6 Å². The SMILES string of the molecule is CC(C)Oc1ccccc1OC(=O)N(C)SOCc1ccccc1. The highest BCUT2D eigenvalue weighted by Crippen LogP contribution is 2.28. The van der Waals surface area contributed by atoms with Crippen LogP contribution in [0.1, 0.15) is 19.4 Å². The summed E-state index contributed by atoms with van der Waals surface area (Å²) in [4.78, 5) is 12.1. The van der Waals surface area contributed by atoms with Crippen molar-refractivity contribution in [3.8, 4) is 11.5 Å². The maximum Gasteiger partial charge on any atom is 0.426 e. The van der Waals surface area contributed by atoms with Gasteiger partial charge in [0.2, 0.25) is 0 Å². The zero-order valence-electron chi connectivity index (χ0n) is 14.0. The molecule has 0 atom stereocenters. The van der Waals surface area contributed by atoms with E-state index in [0.29, 0.717) is 18.1 Å². The molecule has 0 saturated heterocycles. The molecule has 0 saturated carbocycles. The first kappa shape index (κ1) is 18.2. The number of hydrogen-bond donors (Lipinski definition) is 0. The van der Waals surface area contributed by atoms with Crippen molar-refractivity contribution in [3.63, 3.8) is 0 Å². The summed E-state index contributed by atoms with van der Waals surface area (Å²) < 4.78 is 17.7. The van der Waals surface area contributed by atoms with E-state index in [9.17, 15) is 4.79 Å². The molecule has 0 spiro atoms. The molecule has 0 aliphatic heterocycles. The number of rotatable bonds is 7. The molecule has 0 aliphatic carbocycles. The van der Waals surface area contributed by atoms with Gasteiger partial charge in [-0.15, -0.1) is 0 Å². The molecule has 2 aromatic carbocycles. The van der Waals surface area contributed by atoms with Crippen molar-refractivity contribution >= 4 is 18.3 Å². The first-order chi connectivity index (χ1) is 11.6. The van der Waals surface area contributed by atoms with Crippen molar-refractivity contribution in [2.75, 3.05) is 7.05 Å². The van der Waals surface area contributed by atoms with Gasteiger partial charge in [-0.1, -0.05) is 42.5 Å². The highest BCUT2D eigenvalue weighted by molar-refractivity contribution is 7.92. The molecule has 0 fully saturated rings. The van der Waals surface area contributed by atoms with Gasteiger partial charge in [0.15, 0.2) is 11.5 Å². The van der Waals surface area contributed by atoms with Gasteiger partial charge in [-0.25, -0.2) is 9.10 Å². The molecule has 2 rings (SSSR count). The standard InChI is InChI=1S/C18H21NO4S/c1-14(2)22-16-11-7-8-12-17(16)23-18(20)19(3)24-21-13-15-9-5-4-6-10-15/h4-12,14H,13H2,1-3H3. The Kier molecular flexibility index (Phi) is 6.96. The quantitative estimate of drug-likeness (QED) is 0.537. The fourth-order valence-corrected chi connectivity index (χ4v) is 2.27. The molecule has 0 heterocycles. The second-order valence-corrected chi connectivity index (χ2v) is 6.23. The molecule has 0 N–H and O–H groups in total. The largest absolute Gasteiger partial charge is 0.487 e. The molecule has 1 amide bonds. The smallest absolute Gasteiger partial charge is 0.426 e. The van der Waals surface area contributed by atoms with Crippen LogP contribution >= 0.6 is 12.2 Å². The number of ether oxygens (including phenoxy) is 2. The van der Waals surface area contributed by atoms with Crippen LogP contribution in [0.15, 0.2) is 54.6 Å². The number of carbonyl (C=O) groups excluding carboxylic acids is 1. The van der Waals surface area contributed by atoms with Crippen LogP contribution in [0.25, 0.3) is 0 Å². The lowest BCUT2D eigenvalue weighted by atomic mass is 10.2. The Bertz CT molecular complexity index is 648. The molecule has 0 aromatic heterocycles. The van der Waals surface area contributed by atoms with E-state index in [2.05, 4.69) is 0 Å². The van der Waals surface area contributed by atoms with Crippen molar-refractivity contribution in [2.45, 2.75) is 26.6 Å². The molecule has 24 heavy (non-hydrogen) atoms. The Balaban J connectivity index is 1.85. The monoisotopic (exact) mass is 347 g/mol. The summed E-state index contributed by atoms with van der Waals surface area (Å²) in [7, 11) is 1.59. The maximum atomic E-state index is 12.1. The van der Waals surface area contributed by atoms with Gasteiger partial charge in [0, 0.05) is 7.05 Å². The first-order valence-corrected chi connectivity index (χ1v) is 8.31. The Morgan fingerprint density at radius 3 is 2.33 bits per heavy atom. The second kappa shape index (κ2) is 9.20. The van der Waals surface area contributed by atoms with Gasteiger partial charge in [-0.05, 0) is 31.5 Å². The minimum absolute atomic E-state index is 0.00818. The average Bonchev–Trinajstić information content (AvgIpc) is 2.57. The summed E-state index contributed by atoms with van der Waals surface area (Å²) in [5.74, 6) is 0.913. The predicted molar refractivity (Wildman–Crippen MR) is 94.8 cm³/mol. The topological polar surface area (TPSA) is 48.0 Å². The van der Waals surface area contributed by atoms with E-state index in [4.69, 9.17) is 13.7 Å². The van der Waals surface area contributed by atoms with Crippen LogP contribution < -0.4 is 9.47 Å². The highest BCUT2D eigenvalue weighted by Gasteiger charge is 2.16. The lowest BCUT2D eigenvalue weighted by Crippen LogP contribution is -2.24. The van der Waals surface area contributed by atoms with E-state index in [-0.39, 0.29) is 6.10 Å². The molecular weight excluding hydrogens is 326 g/mol. The van der Waals surface area contributed by atoms with E-state index in [1.807, 2.05) is 50.2 Å². The highest BCUT2D eigenvalue weighted by atomic mass is 32.2. The average molecular weight is 347 g/mol. The minimum Gasteiger partial charge on any atom is -0.487 e. The Morgan fingerprint density at radius 2 is 1.67 bits per heavy atom. The summed E-state index contributed by atoms with van der Waals surface area (Å²) in [6, 6.07) is 16.8. The molecular formula is C18H21NO4S. The number of benzene rings is 2. The zero-order chi connectivity index (χ0) is 17.4. The van der Waals surface area contributed by atoms with Gasteiger partial charge in [-0.2, -0.15) is 0 Å². The summed E-state index contributed by atoms with van der Waals surface area (Å²) in [5.41, 5.74) is 1.03. The number of hydrogen-bond acceptors (Lipinski definition) is 5. The van der Waals surface area contributed by atoms with Crippen molar-refractivity contribution in [1.29, 1.82) is 0 Å². The molecule has 0 radical (unpaired) electrons. The summed E-state index contributed by atoms with van der Waals surface area (Å²) >= 11 is 0.936. The molecule has 128 valence electrons. The van der Waals surface area contributed by atoms with E-state index in [0.717, 1.165) is 17.8 Å². The van der Waals surface area contributed by atoms with Crippen LogP contribution in [0.2, 0.25) is 0 Å². The van der Waals surface area contributed by atoms with E-state index >= 15 is 0 Å². The molecule has 2 aromatic rings. The van der Waals surface area contributed by atoms with E-state index < -0.39 is 6.09 Å². The Hall–Kier alpha value is -2.18. The van der Waals surface area contributed by atoms with Gasteiger partial charge in [0.05, 0.1) is 12.7 Å². The number of para-hydroxylation sites is 2. The van der Waals surface area contributed by atoms with Crippen molar-refractivity contribution in [3.05, 3.63) is 60.2 Å². The normalized spacial score (nSPS) is 10.5. The number of amides is 1. The first-order valence-electron chi connectivity index (χ1n) is 7.61. The van der Waals surface area contributed by atoms with Crippen LogP contribution in [0, 0.1) is 0 Å². The van der Waals surface area contributed by atoms with Gasteiger partial charge >= 0.3 is 6.09 Å². The van der Waals surface area contributed by atoms with Crippen LogP contribution in [0.4, 0.5) is 4.79 Å². The van der Waals surface area contributed by atoms with Crippen LogP contribution in [-0.2, 0) is 10.8 Å². The Labute approximate surface area is 146 Å². The van der Waals surface area contributed by atoms with Crippen molar-refractivity contribution in [1.82, 2.24) is 4.31 Å².